The van der Waals surface area contributed by atoms with Crippen molar-refractivity contribution in [2.24, 2.45) is 0 Å². The zero-order valence-corrected chi connectivity index (χ0v) is 16.6. The van der Waals surface area contributed by atoms with Crippen molar-refractivity contribution in [1.82, 2.24) is 15.1 Å². The maximum atomic E-state index is 12.6. The van der Waals surface area contributed by atoms with Crippen LogP contribution in [0.2, 0.25) is 0 Å². The maximum Gasteiger partial charge on any atom is 0.274 e. The van der Waals surface area contributed by atoms with Crippen LogP contribution in [0.15, 0.2) is 30.3 Å². The van der Waals surface area contributed by atoms with E-state index in [1.807, 2.05) is 29.2 Å². The van der Waals surface area contributed by atoms with E-state index in [1.165, 1.54) is 12.8 Å². The molecule has 1 saturated heterocycles. The Labute approximate surface area is 166 Å². The lowest BCUT2D eigenvalue weighted by Crippen LogP contribution is -2.32. The summed E-state index contributed by atoms with van der Waals surface area (Å²) in [5, 5.41) is 11.5. The number of nitrogens with one attached hydrogen (secondary N) is 1. The Morgan fingerprint density at radius 1 is 1.00 bits per heavy atom. The maximum absolute atomic E-state index is 12.6. The van der Waals surface area contributed by atoms with Gasteiger partial charge in [-0.3, -0.25) is 4.79 Å². The standard InChI is InChI=1S/C21H28N4O3/c1-27-18-9-7-16(15-19(18)28-2)11-12-22-20-10-8-17(23-24-20)21(26)25-13-5-3-4-6-14-25/h7-10,15H,3-6,11-14H2,1-2H3,(H,22,24). The van der Waals surface area contributed by atoms with Gasteiger partial charge in [0.2, 0.25) is 0 Å². The van der Waals surface area contributed by atoms with Crippen molar-refractivity contribution in [2.75, 3.05) is 39.2 Å². The van der Waals surface area contributed by atoms with Gasteiger partial charge in [-0.05, 0) is 49.1 Å². The molecule has 150 valence electrons. The lowest BCUT2D eigenvalue weighted by molar-refractivity contribution is 0.0754. The van der Waals surface area contributed by atoms with Gasteiger partial charge < -0.3 is 19.7 Å². The lowest BCUT2D eigenvalue weighted by atomic mass is 10.1. The molecule has 7 heteroatoms. The van der Waals surface area contributed by atoms with E-state index in [0.29, 0.717) is 18.1 Å². The molecule has 7 nitrogen and oxygen atoms in total. The highest BCUT2D eigenvalue weighted by atomic mass is 16.5. The van der Waals surface area contributed by atoms with E-state index >= 15 is 0 Å². The highest BCUT2D eigenvalue weighted by molar-refractivity contribution is 5.92. The summed E-state index contributed by atoms with van der Waals surface area (Å²) < 4.78 is 10.6. The average Bonchev–Trinajstić information content (AvgIpc) is 3.03. The van der Waals surface area contributed by atoms with Crippen molar-refractivity contribution in [3.63, 3.8) is 0 Å². The topological polar surface area (TPSA) is 76.6 Å². The van der Waals surface area contributed by atoms with E-state index in [1.54, 1.807) is 20.3 Å². The lowest BCUT2D eigenvalue weighted by Gasteiger charge is -2.19. The van der Waals surface area contributed by atoms with E-state index < -0.39 is 0 Å². The zero-order chi connectivity index (χ0) is 19.8. The van der Waals surface area contributed by atoms with E-state index in [-0.39, 0.29) is 5.91 Å². The van der Waals surface area contributed by atoms with E-state index in [0.717, 1.165) is 49.4 Å². The molecule has 0 aliphatic carbocycles. The molecule has 2 heterocycles. The Kier molecular flexibility index (Phi) is 7.06. The summed E-state index contributed by atoms with van der Waals surface area (Å²) in [7, 11) is 3.25. The monoisotopic (exact) mass is 384 g/mol. The van der Waals surface area contributed by atoms with E-state index in [2.05, 4.69) is 15.5 Å². The highest BCUT2D eigenvalue weighted by Crippen LogP contribution is 2.27. The number of aromatic nitrogens is 2. The number of benzene rings is 1. The van der Waals surface area contributed by atoms with Crippen LogP contribution in [0.1, 0.15) is 41.7 Å². The van der Waals surface area contributed by atoms with Gasteiger partial charge in [0.15, 0.2) is 17.2 Å². The fourth-order valence-electron chi connectivity index (χ4n) is 3.35. The third kappa shape index (κ3) is 5.12. The first-order valence-electron chi connectivity index (χ1n) is 9.79. The van der Waals surface area contributed by atoms with Crippen LogP contribution < -0.4 is 14.8 Å². The molecular weight excluding hydrogens is 356 g/mol. The molecule has 1 aliphatic heterocycles. The molecule has 0 saturated carbocycles. The van der Waals surface area contributed by atoms with Crippen molar-refractivity contribution < 1.29 is 14.3 Å². The summed E-state index contributed by atoms with van der Waals surface area (Å²) >= 11 is 0. The highest BCUT2D eigenvalue weighted by Gasteiger charge is 2.18. The minimum Gasteiger partial charge on any atom is -0.493 e. The normalized spacial score (nSPS) is 14.3. The molecular formula is C21H28N4O3. The Hall–Kier alpha value is -2.83. The average molecular weight is 384 g/mol. The van der Waals surface area contributed by atoms with E-state index in [9.17, 15) is 4.79 Å². The van der Waals surface area contributed by atoms with E-state index in [4.69, 9.17) is 9.47 Å². The summed E-state index contributed by atoms with van der Waals surface area (Å²) in [4.78, 5) is 14.4. The Bertz CT molecular complexity index is 772. The number of amides is 1. The van der Waals surface area contributed by atoms with Crippen LogP contribution in [0.3, 0.4) is 0 Å². The van der Waals surface area contributed by atoms with Crippen LogP contribution in [-0.4, -0.2) is 54.9 Å². The van der Waals surface area contributed by atoms with Gasteiger partial charge in [-0.25, -0.2) is 0 Å². The molecule has 28 heavy (non-hydrogen) atoms. The van der Waals surface area contributed by atoms with Crippen molar-refractivity contribution in [1.29, 1.82) is 0 Å². The molecule has 1 aliphatic rings. The minimum absolute atomic E-state index is 0.0220. The number of anilines is 1. The molecule has 0 atom stereocenters. The first kappa shape index (κ1) is 19.9. The molecule has 1 aromatic carbocycles. The smallest absolute Gasteiger partial charge is 0.274 e. The number of likely N-dealkylation sites (tertiary alicyclic amines) is 1. The summed E-state index contributed by atoms with van der Waals surface area (Å²) in [6.07, 6.45) is 5.32. The molecule has 1 aromatic heterocycles. The van der Waals surface area contributed by atoms with Crippen LogP contribution in [0.5, 0.6) is 11.5 Å². The number of carbonyl (C=O) groups excluding carboxylic acids is 1. The van der Waals surface area contributed by atoms with Crippen molar-refractivity contribution >= 4 is 11.7 Å². The van der Waals surface area contributed by atoms with Crippen LogP contribution in [0.25, 0.3) is 0 Å². The summed E-state index contributed by atoms with van der Waals surface area (Å²) in [5.74, 6) is 2.07. The Morgan fingerprint density at radius 3 is 2.39 bits per heavy atom. The first-order chi connectivity index (χ1) is 13.7. The molecule has 1 amide bonds. The molecule has 1 N–H and O–H groups in total. The quantitative estimate of drug-likeness (QED) is 0.790. The minimum atomic E-state index is -0.0220. The van der Waals surface area contributed by atoms with Gasteiger partial charge >= 0.3 is 0 Å². The van der Waals surface area contributed by atoms with Gasteiger partial charge in [-0.1, -0.05) is 18.9 Å². The van der Waals surface area contributed by atoms with Gasteiger partial charge in [0.25, 0.3) is 5.91 Å². The van der Waals surface area contributed by atoms with Gasteiger partial charge in [0.1, 0.15) is 5.82 Å². The fraction of sp³-hybridized carbons (Fsp3) is 0.476. The van der Waals surface area contributed by atoms with Gasteiger partial charge in [0.05, 0.1) is 14.2 Å². The number of methoxy groups -OCH3 is 2. The zero-order valence-electron chi connectivity index (χ0n) is 16.6. The van der Waals surface area contributed by atoms with Gasteiger partial charge in [0, 0.05) is 19.6 Å². The molecule has 0 radical (unpaired) electrons. The van der Waals surface area contributed by atoms with Crippen molar-refractivity contribution in [2.45, 2.75) is 32.1 Å². The fourth-order valence-corrected chi connectivity index (χ4v) is 3.35. The third-order valence-corrected chi connectivity index (χ3v) is 4.94. The molecule has 2 aromatic rings. The summed E-state index contributed by atoms with van der Waals surface area (Å²) in [6, 6.07) is 9.44. The SMILES string of the molecule is COc1ccc(CCNc2ccc(C(=O)N3CCCCCC3)nn2)cc1OC. The number of rotatable bonds is 7. The van der Waals surface area contributed by atoms with Crippen molar-refractivity contribution in [3.8, 4) is 11.5 Å². The van der Waals surface area contributed by atoms with Crippen LogP contribution >= 0.6 is 0 Å². The molecule has 0 spiro atoms. The molecule has 1 fully saturated rings. The Balaban J connectivity index is 1.52. The second kappa shape index (κ2) is 9.92. The Morgan fingerprint density at radius 2 is 1.75 bits per heavy atom. The number of carbonyl (C=O) groups is 1. The molecule has 0 unspecified atom stereocenters. The first-order valence-corrected chi connectivity index (χ1v) is 9.79. The number of hydrogen-bond donors (Lipinski definition) is 1. The molecule has 0 bridgehead atoms. The van der Waals surface area contributed by atoms with Gasteiger partial charge in [-0.15, -0.1) is 10.2 Å². The van der Waals surface area contributed by atoms with Crippen LogP contribution in [0.4, 0.5) is 5.82 Å². The predicted molar refractivity (Wildman–Crippen MR) is 108 cm³/mol. The summed E-state index contributed by atoms with van der Waals surface area (Å²) in [5.41, 5.74) is 1.54. The molecule has 3 rings (SSSR count). The van der Waals surface area contributed by atoms with Crippen LogP contribution in [-0.2, 0) is 6.42 Å². The summed E-state index contributed by atoms with van der Waals surface area (Å²) in [6.45, 7) is 2.32. The number of hydrogen-bond acceptors (Lipinski definition) is 6. The van der Waals surface area contributed by atoms with Gasteiger partial charge in [-0.2, -0.15) is 0 Å². The number of ether oxygens (including phenoxy) is 2. The second-order valence-corrected chi connectivity index (χ2v) is 6.88. The predicted octanol–water partition coefficient (Wildman–Crippen LogP) is 3.16. The van der Waals surface area contributed by atoms with Crippen LogP contribution in [0, 0.1) is 0 Å². The van der Waals surface area contributed by atoms with Crippen molar-refractivity contribution in [3.05, 3.63) is 41.6 Å². The third-order valence-electron chi connectivity index (χ3n) is 4.94. The number of nitrogens with zero attached hydrogens (tertiary/aromatic N) is 3. The largest absolute Gasteiger partial charge is 0.493 e. The second-order valence-electron chi connectivity index (χ2n) is 6.88.